The Bertz CT molecular complexity index is 884. The van der Waals surface area contributed by atoms with Crippen LogP contribution in [0.2, 0.25) is 0 Å². The highest BCUT2D eigenvalue weighted by atomic mass is 32.1. The molecule has 3 rings (SSSR count). The minimum Gasteiger partial charge on any atom is -0.460 e. The molecule has 0 unspecified atom stereocenters. The Morgan fingerprint density at radius 3 is 2.78 bits per heavy atom. The van der Waals surface area contributed by atoms with E-state index in [1.54, 1.807) is 17.5 Å². The van der Waals surface area contributed by atoms with Crippen LogP contribution in [0.1, 0.15) is 16.1 Å². The summed E-state index contributed by atoms with van der Waals surface area (Å²) < 4.78 is 5.47. The van der Waals surface area contributed by atoms with Gasteiger partial charge in [0, 0.05) is 11.4 Å². The first-order valence-corrected chi connectivity index (χ1v) is 7.49. The second kappa shape index (κ2) is 6.01. The summed E-state index contributed by atoms with van der Waals surface area (Å²) in [5.74, 6) is 0.789. The highest BCUT2D eigenvalue weighted by Crippen LogP contribution is 2.27. The Labute approximate surface area is 134 Å². The van der Waals surface area contributed by atoms with E-state index in [0.717, 1.165) is 5.76 Å². The average molecular weight is 329 g/mol. The molecule has 2 aromatic heterocycles. The molecule has 7 nitrogen and oxygen atoms in total. The number of thiazole rings is 1. The van der Waals surface area contributed by atoms with Gasteiger partial charge in [0.15, 0.2) is 10.9 Å². The fourth-order valence-corrected chi connectivity index (χ4v) is 2.70. The monoisotopic (exact) mass is 329 g/mol. The van der Waals surface area contributed by atoms with Gasteiger partial charge in [0.1, 0.15) is 17.0 Å². The molecule has 0 aliphatic carbocycles. The maximum atomic E-state index is 12.2. The van der Waals surface area contributed by atoms with Gasteiger partial charge in [0.25, 0.3) is 11.6 Å². The summed E-state index contributed by atoms with van der Waals surface area (Å²) in [6, 6.07) is 9.38. The molecule has 0 fully saturated rings. The molecular formula is C15H11N3O4S. The molecule has 2 heterocycles. The van der Waals surface area contributed by atoms with Crippen LogP contribution >= 0.6 is 11.3 Å². The molecule has 0 atom stereocenters. The lowest BCUT2D eigenvalue weighted by Crippen LogP contribution is -2.13. The van der Waals surface area contributed by atoms with Crippen LogP contribution in [0.25, 0.3) is 11.5 Å². The summed E-state index contributed by atoms with van der Waals surface area (Å²) in [5.41, 5.74) is 0.340. The van der Waals surface area contributed by atoms with Crippen molar-refractivity contribution in [2.75, 3.05) is 5.32 Å². The highest BCUT2D eigenvalue weighted by molar-refractivity contribution is 7.14. The molecule has 23 heavy (non-hydrogen) atoms. The van der Waals surface area contributed by atoms with Gasteiger partial charge >= 0.3 is 0 Å². The SMILES string of the molecule is Cc1ccc(-c2csc(NC(=O)c3ccccc3[N+](=O)[O-])n2)o1. The molecule has 0 bridgehead atoms. The zero-order chi connectivity index (χ0) is 16.4. The van der Waals surface area contributed by atoms with Crippen molar-refractivity contribution in [1.82, 2.24) is 4.98 Å². The summed E-state index contributed by atoms with van der Waals surface area (Å²) in [7, 11) is 0. The number of nitro groups is 1. The molecule has 0 saturated heterocycles. The topological polar surface area (TPSA) is 98.3 Å². The third-order valence-electron chi connectivity index (χ3n) is 3.06. The third-order valence-corrected chi connectivity index (χ3v) is 3.82. The third kappa shape index (κ3) is 3.11. The number of para-hydroxylation sites is 1. The summed E-state index contributed by atoms with van der Waals surface area (Å²) in [4.78, 5) is 26.9. The number of aryl methyl sites for hydroxylation is 1. The van der Waals surface area contributed by atoms with Crippen LogP contribution in [-0.2, 0) is 0 Å². The lowest BCUT2D eigenvalue weighted by Gasteiger charge is -2.02. The van der Waals surface area contributed by atoms with Gasteiger partial charge in [-0.2, -0.15) is 0 Å². The van der Waals surface area contributed by atoms with Crippen LogP contribution in [0.4, 0.5) is 10.8 Å². The second-order valence-electron chi connectivity index (χ2n) is 4.68. The van der Waals surface area contributed by atoms with Crippen LogP contribution < -0.4 is 5.32 Å². The molecule has 1 aromatic carbocycles. The number of hydrogen-bond acceptors (Lipinski definition) is 6. The number of benzene rings is 1. The Kier molecular flexibility index (Phi) is 3.90. The maximum absolute atomic E-state index is 12.2. The van der Waals surface area contributed by atoms with E-state index >= 15 is 0 Å². The van der Waals surface area contributed by atoms with Gasteiger partial charge in [-0.15, -0.1) is 11.3 Å². The van der Waals surface area contributed by atoms with Crippen molar-refractivity contribution in [2.24, 2.45) is 0 Å². The van der Waals surface area contributed by atoms with E-state index in [1.165, 1.54) is 29.5 Å². The molecule has 8 heteroatoms. The van der Waals surface area contributed by atoms with Crippen LogP contribution in [-0.4, -0.2) is 15.8 Å². The number of rotatable bonds is 4. The van der Waals surface area contributed by atoms with Crippen LogP contribution in [0.3, 0.4) is 0 Å². The molecule has 0 aliphatic rings. The first-order valence-electron chi connectivity index (χ1n) is 6.61. The Morgan fingerprint density at radius 1 is 1.30 bits per heavy atom. The van der Waals surface area contributed by atoms with Crippen molar-refractivity contribution < 1.29 is 14.1 Å². The minimum absolute atomic E-state index is 0.0110. The summed E-state index contributed by atoms with van der Waals surface area (Å²) in [5, 5.41) is 15.6. The first kappa shape index (κ1) is 14.9. The standard InChI is InChI=1S/C15H11N3O4S/c1-9-6-7-13(22-9)11-8-23-15(16-11)17-14(19)10-4-2-3-5-12(10)18(20)21/h2-8H,1H3,(H,16,17,19). The largest absolute Gasteiger partial charge is 0.460 e. The fourth-order valence-electron chi connectivity index (χ4n) is 2.01. The zero-order valence-electron chi connectivity index (χ0n) is 12.0. The Hall–Kier alpha value is -3.00. The fraction of sp³-hybridized carbons (Fsp3) is 0.0667. The van der Waals surface area contributed by atoms with Gasteiger partial charge in [-0.1, -0.05) is 12.1 Å². The number of aromatic nitrogens is 1. The Morgan fingerprint density at radius 2 is 2.09 bits per heavy atom. The van der Waals surface area contributed by atoms with Gasteiger partial charge in [0.2, 0.25) is 0 Å². The number of amides is 1. The van der Waals surface area contributed by atoms with Gasteiger partial charge in [-0.25, -0.2) is 4.98 Å². The quantitative estimate of drug-likeness (QED) is 0.578. The van der Waals surface area contributed by atoms with E-state index < -0.39 is 10.8 Å². The lowest BCUT2D eigenvalue weighted by atomic mass is 10.1. The second-order valence-corrected chi connectivity index (χ2v) is 5.53. The van der Waals surface area contributed by atoms with Crippen molar-refractivity contribution >= 4 is 28.1 Å². The van der Waals surface area contributed by atoms with E-state index in [4.69, 9.17) is 4.42 Å². The molecule has 0 saturated carbocycles. The molecule has 3 aromatic rings. The molecule has 1 amide bonds. The summed E-state index contributed by atoms with van der Waals surface area (Å²) >= 11 is 1.22. The number of hydrogen-bond donors (Lipinski definition) is 1. The van der Waals surface area contributed by atoms with Crippen LogP contribution in [0, 0.1) is 17.0 Å². The van der Waals surface area contributed by atoms with Crippen LogP contribution in [0.15, 0.2) is 46.2 Å². The zero-order valence-corrected chi connectivity index (χ0v) is 12.8. The molecule has 1 N–H and O–H groups in total. The molecular weight excluding hydrogens is 318 g/mol. The van der Waals surface area contributed by atoms with Crippen molar-refractivity contribution in [3.63, 3.8) is 0 Å². The van der Waals surface area contributed by atoms with Crippen molar-refractivity contribution in [3.05, 3.63) is 63.2 Å². The number of nitro benzene ring substituents is 1. The van der Waals surface area contributed by atoms with Crippen LogP contribution in [0.5, 0.6) is 0 Å². The number of furan rings is 1. The van der Waals surface area contributed by atoms with E-state index in [0.29, 0.717) is 16.6 Å². The smallest absolute Gasteiger partial charge is 0.282 e. The summed E-state index contributed by atoms with van der Waals surface area (Å²) in [6.07, 6.45) is 0. The highest BCUT2D eigenvalue weighted by Gasteiger charge is 2.20. The van der Waals surface area contributed by atoms with Gasteiger partial charge < -0.3 is 4.42 Å². The average Bonchev–Trinajstić information content (AvgIpc) is 3.16. The normalized spacial score (nSPS) is 10.5. The number of nitrogens with zero attached hydrogens (tertiary/aromatic N) is 2. The van der Waals surface area contributed by atoms with Crippen molar-refractivity contribution in [2.45, 2.75) is 6.92 Å². The van der Waals surface area contributed by atoms with E-state index in [-0.39, 0.29) is 11.3 Å². The Balaban J connectivity index is 1.82. The predicted octanol–water partition coefficient (Wildman–Crippen LogP) is 3.87. The minimum atomic E-state index is -0.589. The van der Waals surface area contributed by atoms with Crippen molar-refractivity contribution in [1.29, 1.82) is 0 Å². The lowest BCUT2D eigenvalue weighted by molar-refractivity contribution is -0.385. The maximum Gasteiger partial charge on any atom is 0.282 e. The first-order chi connectivity index (χ1) is 11.0. The number of carbonyl (C=O) groups is 1. The van der Waals surface area contributed by atoms with Crippen molar-refractivity contribution in [3.8, 4) is 11.5 Å². The molecule has 0 spiro atoms. The molecule has 0 aliphatic heterocycles. The number of nitrogens with one attached hydrogen (secondary N) is 1. The number of carbonyl (C=O) groups excluding carboxylic acids is 1. The predicted molar refractivity (Wildman–Crippen MR) is 85.6 cm³/mol. The van der Waals surface area contributed by atoms with E-state index in [2.05, 4.69) is 10.3 Å². The van der Waals surface area contributed by atoms with Gasteiger partial charge in [0.05, 0.1) is 4.92 Å². The number of anilines is 1. The van der Waals surface area contributed by atoms with Gasteiger partial charge in [-0.3, -0.25) is 20.2 Å². The van der Waals surface area contributed by atoms with Gasteiger partial charge in [-0.05, 0) is 25.1 Å². The van der Waals surface area contributed by atoms with E-state index in [1.807, 2.05) is 13.0 Å². The van der Waals surface area contributed by atoms with E-state index in [9.17, 15) is 14.9 Å². The summed E-state index contributed by atoms with van der Waals surface area (Å²) in [6.45, 7) is 1.83. The molecule has 0 radical (unpaired) electrons. The molecule has 116 valence electrons.